The summed E-state index contributed by atoms with van der Waals surface area (Å²) in [7, 11) is -7.78. The number of para-hydroxylation sites is 1. The highest BCUT2D eigenvalue weighted by atomic mass is 32.2. The second kappa shape index (κ2) is 7.07. The topological polar surface area (TPSA) is 84.5 Å². The zero-order valence-electron chi connectivity index (χ0n) is 12.0. The van der Waals surface area contributed by atoms with Crippen LogP contribution in [-0.2, 0) is 19.1 Å². The van der Waals surface area contributed by atoms with Crippen LogP contribution in [0.2, 0.25) is 0 Å². The Morgan fingerprint density at radius 3 is 2.09 bits per heavy atom. The first-order valence-corrected chi connectivity index (χ1v) is 9.73. The molecule has 22 heavy (non-hydrogen) atoms. The minimum absolute atomic E-state index is 0.0183. The van der Waals surface area contributed by atoms with Crippen molar-refractivity contribution in [2.75, 3.05) is 11.7 Å². The van der Waals surface area contributed by atoms with E-state index in [2.05, 4.69) is 9.58 Å². The number of nitrogens with one attached hydrogen (secondary N) is 2. The summed E-state index contributed by atoms with van der Waals surface area (Å²) in [6, 6.07) is 16.3. The van der Waals surface area contributed by atoms with Crippen molar-refractivity contribution in [1.82, 2.24) is 4.49 Å². The van der Waals surface area contributed by atoms with Gasteiger partial charge in [0.25, 0.3) is 0 Å². The number of sulfonamides is 1. The average Bonchev–Trinajstić information content (AvgIpc) is 2.48. The highest BCUT2D eigenvalue weighted by Gasteiger charge is 2.30. The van der Waals surface area contributed by atoms with E-state index in [4.69, 9.17) is 4.52 Å². The number of benzene rings is 2. The van der Waals surface area contributed by atoms with Gasteiger partial charge in [0.15, 0.2) is 0 Å². The molecule has 0 aliphatic rings. The molecule has 2 N–H and O–H groups in total. The molecular formula is C14H17N2O4PS. The fraction of sp³-hybridized carbons (Fsp3) is 0.143. The smallest absolute Gasteiger partial charge is 0.302 e. The SMILES string of the molecule is CCOP(=O)(Nc1ccccc1)NS(=O)(=O)c1ccccc1. The Bertz CT molecular complexity index is 751. The molecule has 0 amide bonds. The molecule has 0 fully saturated rings. The van der Waals surface area contributed by atoms with Crippen LogP contribution in [0.25, 0.3) is 0 Å². The van der Waals surface area contributed by atoms with Gasteiger partial charge in [0.05, 0.1) is 11.5 Å². The van der Waals surface area contributed by atoms with Crippen LogP contribution in [0.3, 0.4) is 0 Å². The Morgan fingerprint density at radius 2 is 1.55 bits per heavy atom. The monoisotopic (exact) mass is 340 g/mol. The molecule has 0 aliphatic carbocycles. The number of rotatable bonds is 7. The molecule has 0 saturated carbocycles. The van der Waals surface area contributed by atoms with E-state index in [9.17, 15) is 13.0 Å². The largest absolute Gasteiger partial charge is 0.379 e. The molecule has 2 aromatic carbocycles. The van der Waals surface area contributed by atoms with Gasteiger partial charge in [-0.25, -0.2) is 13.0 Å². The van der Waals surface area contributed by atoms with Crippen LogP contribution in [0.15, 0.2) is 65.6 Å². The quantitative estimate of drug-likeness (QED) is 0.756. The minimum Gasteiger partial charge on any atom is -0.302 e. The van der Waals surface area contributed by atoms with Gasteiger partial charge in [-0.3, -0.25) is 0 Å². The Balaban J connectivity index is 2.26. The predicted molar refractivity (Wildman–Crippen MR) is 86.1 cm³/mol. The molecular weight excluding hydrogens is 323 g/mol. The second-order valence-electron chi connectivity index (χ2n) is 4.35. The average molecular weight is 340 g/mol. The van der Waals surface area contributed by atoms with Gasteiger partial charge in [-0.1, -0.05) is 36.4 Å². The van der Waals surface area contributed by atoms with Gasteiger partial charge in [-0.05, 0) is 31.2 Å². The van der Waals surface area contributed by atoms with Crippen LogP contribution in [0.4, 0.5) is 5.69 Å². The van der Waals surface area contributed by atoms with E-state index in [1.54, 1.807) is 55.5 Å². The summed E-state index contributed by atoms with van der Waals surface area (Å²) < 4.78 is 44.6. The van der Waals surface area contributed by atoms with Gasteiger partial charge < -0.3 is 9.61 Å². The molecule has 0 aliphatic heterocycles. The lowest BCUT2D eigenvalue weighted by Crippen LogP contribution is -2.25. The van der Waals surface area contributed by atoms with E-state index in [1.165, 1.54) is 12.1 Å². The van der Waals surface area contributed by atoms with Crippen molar-refractivity contribution in [2.45, 2.75) is 11.8 Å². The summed E-state index contributed by atoms with van der Waals surface area (Å²) in [5.74, 6) is 0. The fourth-order valence-corrected chi connectivity index (χ4v) is 5.27. The van der Waals surface area contributed by atoms with Crippen molar-refractivity contribution in [3.8, 4) is 0 Å². The van der Waals surface area contributed by atoms with Crippen molar-refractivity contribution < 1.29 is 17.5 Å². The van der Waals surface area contributed by atoms with Crippen LogP contribution < -0.4 is 9.58 Å². The van der Waals surface area contributed by atoms with Gasteiger partial charge in [-0.15, -0.1) is 4.49 Å². The predicted octanol–water partition coefficient (Wildman–Crippen LogP) is 3.22. The zero-order chi connectivity index (χ0) is 16.1. The van der Waals surface area contributed by atoms with E-state index in [0.717, 1.165) is 0 Å². The van der Waals surface area contributed by atoms with E-state index >= 15 is 0 Å². The highest BCUT2D eigenvalue weighted by Crippen LogP contribution is 2.43. The molecule has 6 nitrogen and oxygen atoms in total. The van der Waals surface area contributed by atoms with Crippen molar-refractivity contribution in [2.24, 2.45) is 0 Å². The van der Waals surface area contributed by atoms with E-state index in [1.807, 2.05) is 0 Å². The molecule has 0 spiro atoms. The summed E-state index contributed by atoms with van der Waals surface area (Å²) in [6.45, 7) is 1.73. The van der Waals surface area contributed by atoms with Crippen molar-refractivity contribution in [3.63, 3.8) is 0 Å². The molecule has 0 bridgehead atoms. The molecule has 0 heterocycles. The van der Waals surface area contributed by atoms with E-state index in [0.29, 0.717) is 5.69 Å². The number of hydrogen-bond acceptors (Lipinski definition) is 4. The highest BCUT2D eigenvalue weighted by molar-refractivity contribution is 7.95. The molecule has 2 rings (SSSR count). The fourth-order valence-electron chi connectivity index (χ4n) is 1.76. The lowest BCUT2D eigenvalue weighted by atomic mass is 10.3. The Hall–Kier alpha value is -1.66. The molecule has 118 valence electrons. The number of anilines is 1. The van der Waals surface area contributed by atoms with Crippen LogP contribution >= 0.6 is 7.67 Å². The van der Waals surface area contributed by atoms with Gasteiger partial charge in [-0.2, -0.15) is 0 Å². The second-order valence-corrected chi connectivity index (χ2v) is 8.15. The van der Waals surface area contributed by atoms with Crippen LogP contribution in [0.5, 0.6) is 0 Å². The lowest BCUT2D eigenvalue weighted by molar-refractivity contribution is 0.334. The molecule has 0 radical (unpaired) electrons. The van der Waals surface area contributed by atoms with Gasteiger partial charge in [0.2, 0.25) is 10.0 Å². The van der Waals surface area contributed by atoms with E-state index in [-0.39, 0.29) is 11.5 Å². The molecule has 8 heteroatoms. The number of hydrogen-bond donors (Lipinski definition) is 2. The molecule has 1 unspecified atom stereocenters. The Morgan fingerprint density at radius 1 is 1.00 bits per heavy atom. The van der Waals surface area contributed by atoms with Crippen molar-refractivity contribution in [3.05, 3.63) is 60.7 Å². The summed E-state index contributed by atoms with van der Waals surface area (Å²) in [4.78, 5) is 0.0183. The van der Waals surface area contributed by atoms with Crippen LogP contribution in [0.1, 0.15) is 6.92 Å². The third-order valence-corrected chi connectivity index (χ3v) is 6.64. The lowest BCUT2D eigenvalue weighted by Gasteiger charge is -2.20. The van der Waals surface area contributed by atoms with E-state index < -0.39 is 17.7 Å². The van der Waals surface area contributed by atoms with Crippen LogP contribution in [0, 0.1) is 0 Å². The summed E-state index contributed by atoms with van der Waals surface area (Å²) in [5.41, 5.74) is 0.495. The standard InChI is InChI=1S/C14H17N2O4PS/c1-2-20-21(17,15-13-9-5-3-6-10-13)16-22(18,19)14-11-7-4-8-12-14/h3-12H,2H2,1H3,(H2,15,16,17). The molecule has 0 aromatic heterocycles. The maximum absolute atomic E-state index is 12.7. The maximum atomic E-state index is 12.7. The summed E-state index contributed by atoms with van der Waals surface area (Å²) >= 11 is 0. The third kappa shape index (κ3) is 4.42. The Kier molecular flexibility index (Phi) is 5.37. The molecule has 0 saturated heterocycles. The molecule has 1 atom stereocenters. The van der Waals surface area contributed by atoms with Crippen LogP contribution in [-0.4, -0.2) is 15.0 Å². The molecule has 2 aromatic rings. The van der Waals surface area contributed by atoms with Crippen molar-refractivity contribution >= 4 is 23.4 Å². The summed E-state index contributed by atoms with van der Waals surface area (Å²) in [6.07, 6.45) is 0. The van der Waals surface area contributed by atoms with Crippen molar-refractivity contribution in [1.29, 1.82) is 0 Å². The first kappa shape index (κ1) is 16.7. The minimum atomic E-state index is -3.96. The Labute approximate surface area is 130 Å². The third-order valence-electron chi connectivity index (χ3n) is 2.65. The normalized spacial score (nSPS) is 14.2. The van der Waals surface area contributed by atoms with Gasteiger partial charge in [0.1, 0.15) is 0 Å². The zero-order valence-corrected chi connectivity index (χ0v) is 13.7. The first-order chi connectivity index (χ1) is 10.5. The van der Waals surface area contributed by atoms with Gasteiger partial charge in [0, 0.05) is 5.69 Å². The maximum Gasteiger partial charge on any atom is 0.379 e. The van der Waals surface area contributed by atoms with Gasteiger partial charge >= 0.3 is 7.67 Å². The summed E-state index contributed by atoms with van der Waals surface area (Å²) in [5, 5.41) is 2.63. The first-order valence-electron chi connectivity index (χ1n) is 6.62.